The summed E-state index contributed by atoms with van der Waals surface area (Å²) < 4.78 is 53.7. The van der Waals surface area contributed by atoms with Gasteiger partial charge in [0.1, 0.15) is 11.8 Å². The van der Waals surface area contributed by atoms with E-state index in [4.69, 9.17) is 20.8 Å². The van der Waals surface area contributed by atoms with Crippen LogP contribution in [-0.4, -0.2) is 31.1 Å². The molecule has 10 heteroatoms. The summed E-state index contributed by atoms with van der Waals surface area (Å²) in [5.41, 5.74) is 0.766. The Balaban J connectivity index is 1.93. The Bertz CT molecular complexity index is 1210. The summed E-state index contributed by atoms with van der Waals surface area (Å²) in [7, 11) is 1.43. The highest BCUT2D eigenvalue weighted by Gasteiger charge is 2.52. The van der Waals surface area contributed by atoms with Crippen LogP contribution in [0.5, 0.6) is 5.75 Å². The molecule has 0 spiro atoms. The Morgan fingerprint density at radius 3 is 2.46 bits per heavy atom. The number of carbonyl (C=O) groups is 2. The van der Waals surface area contributed by atoms with Gasteiger partial charge in [0.25, 0.3) is 5.91 Å². The molecule has 0 saturated heterocycles. The van der Waals surface area contributed by atoms with Crippen LogP contribution in [0.4, 0.5) is 24.5 Å². The molecule has 0 aliphatic carbocycles. The van der Waals surface area contributed by atoms with Crippen LogP contribution < -0.4 is 14.5 Å². The number of hydrogen-bond donors (Lipinski definition) is 0. The van der Waals surface area contributed by atoms with Crippen LogP contribution >= 0.6 is 11.6 Å². The number of rotatable bonds is 5. The summed E-state index contributed by atoms with van der Waals surface area (Å²) in [5, 5.41) is 0.423. The highest BCUT2D eigenvalue weighted by molar-refractivity contribution is 6.30. The van der Waals surface area contributed by atoms with Gasteiger partial charge in [-0.15, -0.1) is 0 Å². The van der Waals surface area contributed by atoms with E-state index >= 15 is 0 Å². The summed E-state index contributed by atoms with van der Waals surface area (Å²) >= 11 is 6.00. The van der Waals surface area contributed by atoms with Gasteiger partial charge in [-0.05, 0) is 54.6 Å². The Kier molecular flexibility index (Phi) is 6.80. The first kappa shape index (κ1) is 24.7. The zero-order valence-electron chi connectivity index (χ0n) is 18.9. The summed E-state index contributed by atoms with van der Waals surface area (Å²) in [5.74, 6) is -1.15. The van der Waals surface area contributed by atoms with E-state index in [-0.39, 0.29) is 23.8 Å². The van der Waals surface area contributed by atoms with Crippen molar-refractivity contribution >= 4 is 34.8 Å². The molecule has 1 aromatic heterocycles. The number of fused-ring (bicyclic) bond motifs is 1. The average molecular weight is 507 g/mol. The van der Waals surface area contributed by atoms with E-state index in [0.717, 1.165) is 0 Å². The molecule has 2 aromatic carbocycles. The SMILES string of the molecule is CCC(=O)N(c1ccc(Cl)cc1)C1CC(C(F)(F)F)N(C(=O)c2ccco2)c2ccc(OC)cc21. The third-order valence-electron chi connectivity index (χ3n) is 5.93. The van der Waals surface area contributed by atoms with E-state index in [1.165, 1.54) is 42.5 Å². The summed E-state index contributed by atoms with van der Waals surface area (Å²) in [6, 6.07) is 10.2. The van der Waals surface area contributed by atoms with Crippen molar-refractivity contribution in [2.24, 2.45) is 0 Å². The van der Waals surface area contributed by atoms with Crippen molar-refractivity contribution in [1.29, 1.82) is 0 Å². The molecule has 2 heterocycles. The molecular formula is C25H22ClF3N2O4. The molecule has 2 atom stereocenters. The van der Waals surface area contributed by atoms with E-state index < -0.39 is 30.6 Å². The highest BCUT2D eigenvalue weighted by Crippen LogP contribution is 2.48. The average Bonchev–Trinajstić information content (AvgIpc) is 3.38. The molecule has 0 radical (unpaired) electrons. The zero-order chi connectivity index (χ0) is 25.3. The second-order valence-electron chi connectivity index (χ2n) is 7.98. The minimum atomic E-state index is -4.78. The van der Waals surface area contributed by atoms with E-state index in [1.807, 2.05) is 0 Å². The standard InChI is InChI=1S/C25H22ClF3N2O4/c1-3-23(32)30(16-8-6-15(26)7-9-16)20-14-22(25(27,28)29)31(24(33)21-5-4-12-35-21)19-11-10-17(34-2)13-18(19)20/h4-13,20,22H,3,14H2,1-2H3. The van der Waals surface area contributed by atoms with E-state index in [0.29, 0.717) is 26.9 Å². The van der Waals surface area contributed by atoms with Crippen molar-refractivity contribution in [2.45, 2.75) is 38.0 Å². The van der Waals surface area contributed by atoms with Gasteiger partial charge in [0.05, 0.1) is 25.1 Å². The first-order valence-electron chi connectivity index (χ1n) is 10.8. The number of anilines is 2. The number of carbonyl (C=O) groups excluding carboxylic acids is 2. The largest absolute Gasteiger partial charge is 0.497 e. The Hall–Kier alpha value is -3.46. The van der Waals surface area contributed by atoms with Gasteiger partial charge in [0.15, 0.2) is 5.76 Å². The fraction of sp³-hybridized carbons (Fsp3) is 0.280. The number of hydrogen-bond acceptors (Lipinski definition) is 4. The Morgan fingerprint density at radius 2 is 1.89 bits per heavy atom. The van der Waals surface area contributed by atoms with Gasteiger partial charge in [-0.1, -0.05) is 18.5 Å². The van der Waals surface area contributed by atoms with Crippen molar-refractivity contribution in [2.75, 3.05) is 16.9 Å². The fourth-order valence-corrected chi connectivity index (χ4v) is 4.45. The van der Waals surface area contributed by atoms with Crippen molar-refractivity contribution in [3.63, 3.8) is 0 Å². The molecule has 184 valence electrons. The number of methoxy groups -OCH3 is 1. The van der Waals surface area contributed by atoms with Crippen LogP contribution in [0.3, 0.4) is 0 Å². The quantitative estimate of drug-likeness (QED) is 0.401. The maximum absolute atomic E-state index is 14.4. The third-order valence-corrected chi connectivity index (χ3v) is 6.18. The lowest BCUT2D eigenvalue weighted by Crippen LogP contribution is -2.54. The number of nitrogens with zero attached hydrogens (tertiary/aromatic N) is 2. The molecular weight excluding hydrogens is 485 g/mol. The lowest BCUT2D eigenvalue weighted by Gasteiger charge is -2.44. The summed E-state index contributed by atoms with van der Waals surface area (Å²) in [4.78, 5) is 28.3. The molecule has 0 N–H and O–H groups in total. The second kappa shape index (κ2) is 9.65. The van der Waals surface area contributed by atoms with Gasteiger partial charge in [-0.25, -0.2) is 0 Å². The van der Waals surface area contributed by atoms with Crippen LogP contribution in [-0.2, 0) is 4.79 Å². The highest BCUT2D eigenvalue weighted by atomic mass is 35.5. The lowest BCUT2D eigenvalue weighted by atomic mass is 9.88. The molecule has 2 unspecified atom stereocenters. The third kappa shape index (κ3) is 4.73. The molecule has 1 aliphatic heterocycles. The number of alkyl halides is 3. The van der Waals surface area contributed by atoms with Crippen molar-refractivity contribution in [1.82, 2.24) is 0 Å². The monoisotopic (exact) mass is 506 g/mol. The van der Waals surface area contributed by atoms with Gasteiger partial charge >= 0.3 is 6.18 Å². The van der Waals surface area contributed by atoms with Crippen LogP contribution in [0.1, 0.15) is 41.9 Å². The molecule has 0 saturated carbocycles. The van der Waals surface area contributed by atoms with E-state index in [1.54, 1.807) is 37.3 Å². The molecule has 1 aliphatic rings. The molecule has 6 nitrogen and oxygen atoms in total. The molecule has 2 amide bonds. The van der Waals surface area contributed by atoms with Gasteiger partial charge < -0.3 is 14.1 Å². The Morgan fingerprint density at radius 1 is 1.17 bits per heavy atom. The normalized spacial score (nSPS) is 17.6. The number of halogens is 4. The minimum absolute atomic E-state index is 0.0219. The van der Waals surface area contributed by atoms with E-state index in [9.17, 15) is 22.8 Å². The number of ether oxygens (including phenoxy) is 1. The number of benzene rings is 2. The van der Waals surface area contributed by atoms with Gasteiger partial charge in [0, 0.05) is 29.1 Å². The Labute approximate surface area is 204 Å². The first-order valence-corrected chi connectivity index (χ1v) is 11.2. The first-order chi connectivity index (χ1) is 16.7. The molecule has 4 rings (SSSR count). The van der Waals surface area contributed by atoms with Gasteiger partial charge in [-0.3, -0.25) is 14.5 Å². The van der Waals surface area contributed by atoms with Crippen molar-refractivity contribution in [3.05, 3.63) is 77.2 Å². The molecule has 35 heavy (non-hydrogen) atoms. The van der Waals surface area contributed by atoms with E-state index in [2.05, 4.69) is 0 Å². The fourth-order valence-electron chi connectivity index (χ4n) is 4.32. The second-order valence-corrected chi connectivity index (χ2v) is 8.42. The predicted octanol–water partition coefficient (Wildman–Crippen LogP) is 6.41. The minimum Gasteiger partial charge on any atom is -0.497 e. The van der Waals surface area contributed by atoms with Crippen molar-refractivity contribution in [3.8, 4) is 5.75 Å². The van der Waals surface area contributed by atoms with Crippen LogP contribution in [0.25, 0.3) is 0 Å². The smallest absolute Gasteiger partial charge is 0.409 e. The van der Waals surface area contributed by atoms with Crippen LogP contribution in [0, 0.1) is 0 Å². The summed E-state index contributed by atoms with van der Waals surface area (Å²) in [6.45, 7) is 1.63. The summed E-state index contributed by atoms with van der Waals surface area (Å²) in [6.07, 6.45) is -4.08. The van der Waals surface area contributed by atoms with Crippen molar-refractivity contribution < 1.29 is 31.9 Å². The van der Waals surface area contributed by atoms with Gasteiger partial charge in [0.2, 0.25) is 5.91 Å². The topological polar surface area (TPSA) is 63.0 Å². The number of furan rings is 1. The van der Waals surface area contributed by atoms with Gasteiger partial charge in [-0.2, -0.15) is 13.2 Å². The maximum atomic E-state index is 14.4. The number of amides is 2. The molecule has 0 bridgehead atoms. The van der Waals surface area contributed by atoms with Crippen LogP contribution in [0.2, 0.25) is 5.02 Å². The van der Waals surface area contributed by atoms with Crippen LogP contribution in [0.15, 0.2) is 65.3 Å². The maximum Gasteiger partial charge on any atom is 0.409 e. The predicted molar refractivity (Wildman–Crippen MR) is 125 cm³/mol. The zero-order valence-corrected chi connectivity index (χ0v) is 19.6. The molecule has 3 aromatic rings. The lowest BCUT2D eigenvalue weighted by molar-refractivity contribution is -0.151. The molecule has 0 fully saturated rings.